The van der Waals surface area contributed by atoms with Crippen molar-refractivity contribution in [3.63, 3.8) is 0 Å². The molecule has 1 amide bonds. The van der Waals surface area contributed by atoms with Gasteiger partial charge in [-0.25, -0.2) is 0 Å². The molecule has 0 bridgehead atoms. The highest BCUT2D eigenvalue weighted by Gasteiger charge is 2.40. The minimum Gasteiger partial charge on any atom is -0.329 e. The van der Waals surface area contributed by atoms with Gasteiger partial charge in [-0.1, -0.05) is 29.4 Å². The molecule has 0 aliphatic rings. The van der Waals surface area contributed by atoms with Crippen LogP contribution in [0.1, 0.15) is 40.5 Å². The Morgan fingerprint density at radius 2 is 1.44 bits per heavy atom. The first-order valence-corrected chi connectivity index (χ1v) is 9.11. The first-order valence-electron chi connectivity index (χ1n) is 9.11. The number of carbonyl (C=O) groups is 1. The van der Waals surface area contributed by atoms with Crippen LogP contribution in [0, 0.1) is 0 Å². The summed E-state index contributed by atoms with van der Waals surface area (Å²) in [5.74, 6) is -5.29. The molecule has 1 N–H and O–H groups in total. The van der Waals surface area contributed by atoms with E-state index in [0.29, 0.717) is 18.2 Å². The highest BCUT2D eigenvalue weighted by Crippen LogP contribution is 2.41. The molecule has 1 aromatic heterocycles. The van der Waals surface area contributed by atoms with Crippen LogP contribution in [-0.4, -0.2) is 16.0 Å². The van der Waals surface area contributed by atoms with Gasteiger partial charge >= 0.3 is 24.4 Å². The van der Waals surface area contributed by atoms with E-state index in [0.717, 1.165) is 24.3 Å². The second-order valence-corrected chi connectivity index (χ2v) is 7.02. The summed E-state index contributed by atoms with van der Waals surface area (Å²) in [6.07, 6.45) is -15.5. The molecule has 1 unspecified atom stereocenters. The van der Waals surface area contributed by atoms with Crippen LogP contribution in [0.4, 0.5) is 39.5 Å². The summed E-state index contributed by atoms with van der Waals surface area (Å²) in [4.78, 5) is 14.4. The monoisotopic (exact) mass is 496 g/mol. The number of hydrogen-bond donors (Lipinski definition) is 0. The van der Waals surface area contributed by atoms with E-state index in [9.17, 15) is 44.3 Å². The molecule has 1 heterocycles. The fraction of sp³-hybridized carbons (Fsp3) is 0.250. The van der Waals surface area contributed by atoms with Crippen LogP contribution in [0.2, 0.25) is 0 Å². The quantitative estimate of drug-likeness (QED) is 0.399. The summed E-state index contributed by atoms with van der Waals surface area (Å²) in [7, 11) is 0. The Balaban J connectivity index is 2.11. The summed E-state index contributed by atoms with van der Waals surface area (Å²) < 4.78 is 122. The maximum atomic E-state index is 13.7. The van der Waals surface area contributed by atoms with Gasteiger partial charge in [-0.15, -0.1) is 0 Å². The highest BCUT2D eigenvalue weighted by atomic mass is 19.4. The SMILES string of the molecule is [NH]C(=O)CC(c1ccc(C(F)(F)F)cc1)c1ccc(-c2noc(C(F)(F)F)n2)c(C(F)(F)F)c1. The Morgan fingerprint density at radius 1 is 0.853 bits per heavy atom. The Labute approximate surface area is 184 Å². The molecule has 0 aliphatic heterocycles. The van der Waals surface area contributed by atoms with E-state index < -0.39 is 65.2 Å². The van der Waals surface area contributed by atoms with Crippen molar-refractivity contribution in [1.29, 1.82) is 0 Å². The minimum atomic E-state index is -5.11. The number of nitrogens with zero attached hydrogens (tertiary/aromatic N) is 2. The van der Waals surface area contributed by atoms with Crippen molar-refractivity contribution in [1.82, 2.24) is 15.9 Å². The zero-order chi connectivity index (χ0) is 25.5. The summed E-state index contributed by atoms with van der Waals surface area (Å²) in [6, 6.07) is 5.58. The Hall–Kier alpha value is -3.58. The zero-order valence-corrected chi connectivity index (χ0v) is 16.4. The predicted molar refractivity (Wildman–Crippen MR) is 95.7 cm³/mol. The number of nitrogens with one attached hydrogen (secondary N) is 1. The maximum absolute atomic E-state index is 13.7. The Kier molecular flexibility index (Phi) is 6.37. The number of halogens is 9. The summed E-state index contributed by atoms with van der Waals surface area (Å²) in [5, 5.41) is 2.94. The van der Waals surface area contributed by atoms with Crippen LogP contribution in [0.25, 0.3) is 11.4 Å². The maximum Gasteiger partial charge on any atom is 0.471 e. The van der Waals surface area contributed by atoms with Crippen LogP contribution in [0.5, 0.6) is 0 Å². The zero-order valence-electron chi connectivity index (χ0n) is 16.4. The van der Waals surface area contributed by atoms with Crippen molar-refractivity contribution >= 4 is 5.91 Å². The highest BCUT2D eigenvalue weighted by molar-refractivity contribution is 5.75. The Bertz CT molecular complexity index is 1180. The third-order valence-corrected chi connectivity index (χ3v) is 4.69. The molecule has 34 heavy (non-hydrogen) atoms. The molecule has 1 atom stereocenters. The fourth-order valence-corrected chi connectivity index (χ4v) is 3.17. The van der Waals surface area contributed by atoms with Gasteiger partial charge in [0.15, 0.2) is 0 Å². The molecular weight excluding hydrogens is 485 g/mol. The third kappa shape index (κ3) is 5.48. The molecule has 0 spiro atoms. The normalized spacial score (nSPS) is 13.7. The summed E-state index contributed by atoms with van der Waals surface area (Å²) >= 11 is 0. The van der Waals surface area contributed by atoms with Gasteiger partial charge in [0, 0.05) is 17.9 Å². The molecule has 5 nitrogen and oxygen atoms in total. The minimum absolute atomic E-state index is 0.0217. The van der Waals surface area contributed by atoms with E-state index >= 15 is 0 Å². The van der Waals surface area contributed by atoms with Gasteiger partial charge in [-0.05, 0) is 29.3 Å². The van der Waals surface area contributed by atoms with Crippen LogP contribution < -0.4 is 5.73 Å². The van der Waals surface area contributed by atoms with Crippen molar-refractivity contribution in [2.24, 2.45) is 0 Å². The molecule has 3 rings (SSSR count). The number of benzene rings is 2. The number of rotatable bonds is 5. The van der Waals surface area contributed by atoms with Crippen LogP contribution in [-0.2, 0) is 23.3 Å². The predicted octanol–water partition coefficient (Wildman–Crippen LogP) is 6.12. The van der Waals surface area contributed by atoms with Crippen LogP contribution in [0.3, 0.4) is 0 Å². The molecule has 0 fully saturated rings. The molecule has 181 valence electrons. The molecule has 14 heteroatoms. The molecular formula is C20H11F9N3O2. The Morgan fingerprint density at radius 3 is 1.91 bits per heavy atom. The number of amides is 1. The molecule has 0 aliphatic carbocycles. The number of alkyl halides is 9. The molecule has 0 saturated heterocycles. The van der Waals surface area contributed by atoms with Gasteiger partial charge in [0.1, 0.15) is 0 Å². The van der Waals surface area contributed by atoms with Crippen molar-refractivity contribution in [3.8, 4) is 11.4 Å². The smallest absolute Gasteiger partial charge is 0.329 e. The van der Waals surface area contributed by atoms with Crippen molar-refractivity contribution < 1.29 is 48.8 Å². The van der Waals surface area contributed by atoms with Crippen LogP contribution >= 0.6 is 0 Å². The fourth-order valence-electron chi connectivity index (χ4n) is 3.17. The van der Waals surface area contributed by atoms with E-state index in [1.54, 1.807) is 0 Å². The lowest BCUT2D eigenvalue weighted by Crippen LogP contribution is -2.13. The van der Waals surface area contributed by atoms with Crippen molar-refractivity contribution in [3.05, 3.63) is 70.6 Å². The van der Waals surface area contributed by atoms with E-state index in [1.807, 2.05) is 0 Å². The third-order valence-electron chi connectivity index (χ3n) is 4.69. The van der Waals surface area contributed by atoms with Gasteiger partial charge in [0.05, 0.1) is 11.1 Å². The van der Waals surface area contributed by atoms with Gasteiger partial charge < -0.3 is 4.52 Å². The first-order chi connectivity index (χ1) is 15.6. The van der Waals surface area contributed by atoms with Gasteiger partial charge in [0.25, 0.3) is 0 Å². The van der Waals surface area contributed by atoms with E-state index in [-0.39, 0.29) is 11.1 Å². The van der Waals surface area contributed by atoms with Gasteiger partial charge in [-0.2, -0.15) is 44.5 Å². The van der Waals surface area contributed by atoms with E-state index in [1.165, 1.54) is 0 Å². The summed E-state index contributed by atoms with van der Waals surface area (Å²) in [6.45, 7) is 0. The molecule has 0 saturated carbocycles. The standard InChI is InChI=1S/C20H11F9N3O2/c21-18(22,23)11-4-1-9(2-5-11)13(8-15(30)33)10-3-6-12(14(7-10)19(24,25)26)16-31-17(34-32-16)20(27,28)29/h1-7,13,30H,8H2. The van der Waals surface area contributed by atoms with Crippen molar-refractivity contribution in [2.75, 3.05) is 0 Å². The van der Waals surface area contributed by atoms with Gasteiger partial charge in [0.2, 0.25) is 11.7 Å². The number of hydrogen-bond acceptors (Lipinski definition) is 4. The van der Waals surface area contributed by atoms with Crippen molar-refractivity contribution in [2.45, 2.75) is 30.9 Å². The second-order valence-electron chi connectivity index (χ2n) is 7.02. The molecule has 3 aromatic rings. The van der Waals surface area contributed by atoms with E-state index in [2.05, 4.69) is 14.7 Å². The average Bonchev–Trinajstić information content (AvgIpc) is 3.21. The van der Waals surface area contributed by atoms with E-state index in [4.69, 9.17) is 5.73 Å². The number of aromatic nitrogens is 2. The lowest BCUT2D eigenvalue weighted by atomic mass is 9.86. The average molecular weight is 496 g/mol. The lowest BCUT2D eigenvalue weighted by Gasteiger charge is -2.20. The molecule has 2 aromatic carbocycles. The van der Waals surface area contributed by atoms with Crippen LogP contribution in [0.15, 0.2) is 47.0 Å². The lowest BCUT2D eigenvalue weighted by molar-refractivity contribution is -0.159. The number of carbonyl (C=O) groups excluding carboxylic acids is 1. The van der Waals surface area contributed by atoms with Gasteiger partial charge in [-0.3, -0.25) is 10.5 Å². The topological polar surface area (TPSA) is 79.8 Å². The second kappa shape index (κ2) is 8.65. The molecule has 1 radical (unpaired) electrons. The first kappa shape index (κ1) is 25.1. The largest absolute Gasteiger partial charge is 0.471 e. The summed E-state index contributed by atoms with van der Waals surface area (Å²) in [5.41, 5.74) is 3.65.